The molecule has 1 rings (SSSR count). The summed E-state index contributed by atoms with van der Waals surface area (Å²) < 4.78 is 0.783. The number of nitrogens with zero attached hydrogens (tertiary/aromatic N) is 1. The van der Waals surface area contributed by atoms with Gasteiger partial charge in [0.2, 0.25) is 5.91 Å². The molecule has 0 aliphatic heterocycles. The van der Waals surface area contributed by atoms with Crippen molar-refractivity contribution in [3.8, 4) is 0 Å². The third-order valence-corrected chi connectivity index (χ3v) is 3.20. The fourth-order valence-electron chi connectivity index (χ4n) is 1.34. The van der Waals surface area contributed by atoms with Crippen molar-refractivity contribution in [3.63, 3.8) is 0 Å². The minimum atomic E-state index is -0.236. The average molecular weight is 315 g/mol. The van der Waals surface area contributed by atoms with Gasteiger partial charge < -0.3 is 16.4 Å². The van der Waals surface area contributed by atoms with Crippen molar-refractivity contribution in [3.05, 3.63) is 16.2 Å². The van der Waals surface area contributed by atoms with Gasteiger partial charge in [0.25, 0.3) is 0 Å². The SMILES string of the molecule is Cc1c(N)cnc(NCC(=O)NC(C)(C)C)c1Br. The molecule has 5 nitrogen and oxygen atoms in total. The van der Waals surface area contributed by atoms with Crippen LogP contribution in [0.5, 0.6) is 0 Å². The Labute approximate surface area is 116 Å². The molecule has 0 bridgehead atoms. The van der Waals surface area contributed by atoms with Crippen LogP contribution in [0.3, 0.4) is 0 Å². The Hall–Kier alpha value is -1.30. The van der Waals surface area contributed by atoms with Gasteiger partial charge in [-0.2, -0.15) is 0 Å². The van der Waals surface area contributed by atoms with E-state index in [0.29, 0.717) is 11.5 Å². The van der Waals surface area contributed by atoms with Gasteiger partial charge in [0.1, 0.15) is 5.82 Å². The summed E-state index contributed by atoms with van der Waals surface area (Å²) in [5.41, 5.74) is 7.02. The first kappa shape index (κ1) is 14.8. The van der Waals surface area contributed by atoms with Crippen LogP contribution in [0.1, 0.15) is 26.3 Å². The fourth-order valence-corrected chi connectivity index (χ4v) is 1.81. The normalized spacial score (nSPS) is 11.2. The van der Waals surface area contributed by atoms with E-state index < -0.39 is 0 Å². The van der Waals surface area contributed by atoms with Crippen LogP contribution in [0.4, 0.5) is 11.5 Å². The lowest BCUT2D eigenvalue weighted by Gasteiger charge is -2.20. The van der Waals surface area contributed by atoms with E-state index in [9.17, 15) is 4.79 Å². The molecule has 18 heavy (non-hydrogen) atoms. The van der Waals surface area contributed by atoms with Crippen molar-refractivity contribution in [1.82, 2.24) is 10.3 Å². The molecule has 0 saturated carbocycles. The highest BCUT2D eigenvalue weighted by Crippen LogP contribution is 2.27. The van der Waals surface area contributed by atoms with E-state index in [1.165, 1.54) is 0 Å². The summed E-state index contributed by atoms with van der Waals surface area (Å²) in [5, 5.41) is 5.84. The van der Waals surface area contributed by atoms with Crippen molar-refractivity contribution >= 4 is 33.3 Å². The second-order valence-corrected chi connectivity index (χ2v) is 5.95. The predicted molar refractivity (Wildman–Crippen MR) is 77.5 cm³/mol. The number of pyridine rings is 1. The number of nitrogen functional groups attached to an aromatic ring is 1. The first-order valence-electron chi connectivity index (χ1n) is 5.66. The number of anilines is 2. The van der Waals surface area contributed by atoms with Crippen LogP contribution in [0.2, 0.25) is 0 Å². The number of aromatic nitrogens is 1. The molecule has 1 heterocycles. The smallest absolute Gasteiger partial charge is 0.239 e. The van der Waals surface area contributed by atoms with Crippen molar-refractivity contribution in [2.45, 2.75) is 33.2 Å². The van der Waals surface area contributed by atoms with Crippen LogP contribution in [-0.2, 0) is 4.79 Å². The lowest BCUT2D eigenvalue weighted by Crippen LogP contribution is -2.43. The predicted octanol–water partition coefficient (Wildman–Crippen LogP) is 2.06. The quantitative estimate of drug-likeness (QED) is 0.798. The molecule has 0 spiro atoms. The Morgan fingerprint density at radius 2 is 2.11 bits per heavy atom. The Morgan fingerprint density at radius 3 is 2.67 bits per heavy atom. The van der Waals surface area contributed by atoms with E-state index >= 15 is 0 Å². The average Bonchev–Trinajstić information content (AvgIpc) is 2.22. The lowest BCUT2D eigenvalue weighted by atomic mass is 10.1. The van der Waals surface area contributed by atoms with E-state index in [2.05, 4.69) is 31.5 Å². The second kappa shape index (κ2) is 5.56. The van der Waals surface area contributed by atoms with Crippen molar-refractivity contribution < 1.29 is 4.79 Å². The first-order chi connectivity index (χ1) is 8.20. The second-order valence-electron chi connectivity index (χ2n) is 5.15. The molecule has 0 unspecified atom stereocenters. The largest absolute Gasteiger partial charge is 0.397 e. The molecule has 4 N–H and O–H groups in total. The Kier molecular flexibility index (Phi) is 4.56. The molecule has 1 amide bonds. The van der Waals surface area contributed by atoms with Crippen LogP contribution >= 0.6 is 15.9 Å². The van der Waals surface area contributed by atoms with Crippen LogP contribution in [0.15, 0.2) is 10.7 Å². The number of halogens is 1. The molecule has 0 radical (unpaired) electrons. The summed E-state index contributed by atoms with van der Waals surface area (Å²) in [5.74, 6) is 0.538. The zero-order valence-electron chi connectivity index (χ0n) is 11.1. The standard InChI is InChI=1S/C12H19BrN4O/c1-7-8(14)5-15-11(10(7)13)16-6-9(18)17-12(2,3)4/h5H,6,14H2,1-4H3,(H,15,16)(H,17,18). The van der Waals surface area contributed by atoms with Crippen LogP contribution in [-0.4, -0.2) is 23.0 Å². The molecule has 0 fully saturated rings. The molecule has 0 aliphatic rings. The van der Waals surface area contributed by atoms with Crippen LogP contribution in [0, 0.1) is 6.92 Å². The van der Waals surface area contributed by atoms with Crippen LogP contribution in [0.25, 0.3) is 0 Å². The molecule has 0 atom stereocenters. The maximum atomic E-state index is 11.7. The molecule has 1 aromatic rings. The van der Waals surface area contributed by atoms with Crippen molar-refractivity contribution in [2.75, 3.05) is 17.6 Å². The van der Waals surface area contributed by atoms with Gasteiger partial charge in [0.05, 0.1) is 22.9 Å². The monoisotopic (exact) mass is 314 g/mol. The molecule has 6 heteroatoms. The lowest BCUT2D eigenvalue weighted by molar-refractivity contribution is -0.120. The number of rotatable bonds is 3. The highest BCUT2D eigenvalue weighted by Gasteiger charge is 2.14. The van der Waals surface area contributed by atoms with Crippen LogP contribution < -0.4 is 16.4 Å². The summed E-state index contributed by atoms with van der Waals surface area (Å²) in [6.45, 7) is 7.87. The Morgan fingerprint density at radius 1 is 1.50 bits per heavy atom. The summed E-state index contributed by atoms with van der Waals surface area (Å²) in [4.78, 5) is 15.8. The number of hydrogen-bond acceptors (Lipinski definition) is 4. The van der Waals surface area contributed by atoms with Crippen molar-refractivity contribution in [2.24, 2.45) is 0 Å². The zero-order chi connectivity index (χ0) is 13.9. The van der Waals surface area contributed by atoms with Crippen molar-refractivity contribution in [1.29, 1.82) is 0 Å². The Bertz CT molecular complexity index is 454. The number of carbonyl (C=O) groups is 1. The van der Waals surface area contributed by atoms with Gasteiger partial charge in [-0.25, -0.2) is 4.98 Å². The van der Waals surface area contributed by atoms with E-state index in [4.69, 9.17) is 5.73 Å². The third kappa shape index (κ3) is 4.18. The van der Waals surface area contributed by atoms with Gasteiger partial charge in [-0.15, -0.1) is 0 Å². The van der Waals surface area contributed by atoms with Gasteiger partial charge in [0, 0.05) is 5.54 Å². The fraction of sp³-hybridized carbons (Fsp3) is 0.500. The Balaban J connectivity index is 2.65. The minimum absolute atomic E-state index is 0.0781. The van der Waals surface area contributed by atoms with E-state index in [1.54, 1.807) is 6.20 Å². The highest BCUT2D eigenvalue weighted by atomic mass is 79.9. The van der Waals surface area contributed by atoms with Gasteiger partial charge in [0.15, 0.2) is 0 Å². The first-order valence-corrected chi connectivity index (χ1v) is 6.45. The maximum Gasteiger partial charge on any atom is 0.239 e. The number of nitrogens with one attached hydrogen (secondary N) is 2. The molecule has 0 aliphatic carbocycles. The third-order valence-electron chi connectivity index (χ3n) is 2.23. The number of nitrogens with two attached hydrogens (primary N) is 1. The van der Waals surface area contributed by atoms with Gasteiger partial charge in [-0.05, 0) is 49.2 Å². The van der Waals surface area contributed by atoms with E-state index in [0.717, 1.165) is 10.0 Å². The number of carbonyl (C=O) groups excluding carboxylic acids is 1. The zero-order valence-corrected chi connectivity index (χ0v) is 12.7. The number of hydrogen-bond donors (Lipinski definition) is 3. The minimum Gasteiger partial charge on any atom is -0.397 e. The maximum absolute atomic E-state index is 11.7. The summed E-state index contributed by atoms with van der Waals surface area (Å²) in [7, 11) is 0. The molecule has 1 aromatic heterocycles. The molecule has 0 aromatic carbocycles. The van der Waals surface area contributed by atoms with Gasteiger partial charge in [-0.3, -0.25) is 4.79 Å². The number of amides is 1. The topological polar surface area (TPSA) is 80.0 Å². The highest BCUT2D eigenvalue weighted by molar-refractivity contribution is 9.10. The van der Waals surface area contributed by atoms with Gasteiger partial charge in [-0.1, -0.05) is 0 Å². The molecular formula is C12H19BrN4O. The summed E-state index contributed by atoms with van der Waals surface area (Å²) in [6, 6.07) is 0. The summed E-state index contributed by atoms with van der Waals surface area (Å²) in [6.07, 6.45) is 1.57. The summed E-state index contributed by atoms with van der Waals surface area (Å²) >= 11 is 3.41. The molecular weight excluding hydrogens is 296 g/mol. The van der Waals surface area contributed by atoms with E-state index in [1.807, 2.05) is 27.7 Å². The molecule has 100 valence electrons. The van der Waals surface area contributed by atoms with E-state index in [-0.39, 0.29) is 18.0 Å². The molecule has 0 saturated heterocycles. The van der Waals surface area contributed by atoms with Gasteiger partial charge >= 0.3 is 0 Å².